The van der Waals surface area contributed by atoms with Crippen molar-refractivity contribution in [3.05, 3.63) is 42.1 Å². The number of amides is 1. The predicted octanol–water partition coefficient (Wildman–Crippen LogP) is 1.46. The minimum atomic E-state index is -0.432. The second-order valence-electron chi connectivity index (χ2n) is 6.74. The Morgan fingerprint density at radius 3 is 2.63 bits per heavy atom. The van der Waals surface area contributed by atoms with E-state index in [1.165, 1.54) is 0 Å². The third-order valence-corrected chi connectivity index (χ3v) is 4.58. The molecule has 9 nitrogen and oxygen atoms in total. The zero-order valence-corrected chi connectivity index (χ0v) is 17.2. The van der Waals surface area contributed by atoms with Gasteiger partial charge in [-0.05, 0) is 5.56 Å². The third-order valence-electron chi connectivity index (χ3n) is 4.58. The number of ether oxygens (including phenoxy) is 5. The summed E-state index contributed by atoms with van der Waals surface area (Å²) < 4.78 is 26.8. The van der Waals surface area contributed by atoms with Gasteiger partial charge in [-0.25, -0.2) is 0 Å². The molecular formula is C21H29N3O6. The highest BCUT2D eigenvalue weighted by Crippen LogP contribution is 2.22. The van der Waals surface area contributed by atoms with E-state index in [1.807, 2.05) is 30.3 Å². The molecule has 9 heteroatoms. The first-order chi connectivity index (χ1) is 14.8. The van der Waals surface area contributed by atoms with E-state index in [4.69, 9.17) is 23.7 Å². The summed E-state index contributed by atoms with van der Waals surface area (Å²) in [4.78, 5) is 14.5. The molecular weight excluding hydrogens is 390 g/mol. The number of benzene rings is 1. The van der Waals surface area contributed by atoms with Crippen molar-refractivity contribution in [2.24, 2.45) is 0 Å². The van der Waals surface area contributed by atoms with Gasteiger partial charge in [-0.15, -0.1) is 0 Å². The fourth-order valence-electron chi connectivity index (χ4n) is 3.05. The van der Waals surface area contributed by atoms with Gasteiger partial charge in [-0.1, -0.05) is 30.3 Å². The molecule has 0 unspecified atom stereocenters. The van der Waals surface area contributed by atoms with Crippen molar-refractivity contribution in [3.63, 3.8) is 0 Å². The first-order valence-corrected chi connectivity index (χ1v) is 10.0. The van der Waals surface area contributed by atoms with Crippen LogP contribution in [0.15, 0.2) is 36.5 Å². The zero-order chi connectivity index (χ0) is 21.0. The zero-order valence-electron chi connectivity index (χ0n) is 17.2. The Labute approximate surface area is 176 Å². The van der Waals surface area contributed by atoms with E-state index in [0.717, 1.165) is 16.8 Å². The minimum absolute atomic E-state index is 0.0428. The normalized spacial score (nSPS) is 14.3. The molecule has 0 spiro atoms. The van der Waals surface area contributed by atoms with Crippen molar-refractivity contribution < 1.29 is 28.5 Å². The molecule has 1 N–H and O–H groups in total. The summed E-state index contributed by atoms with van der Waals surface area (Å²) in [5.41, 5.74) is 2.81. The summed E-state index contributed by atoms with van der Waals surface area (Å²) >= 11 is 0. The Kier molecular flexibility index (Phi) is 9.26. The van der Waals surface area contributed by atoms with Crippen LogP contribution in [-0.2, 0) is 35.0 Å². The van der Waals surface area contributed by atoms with E-state index in [-0.39, 0.29) is 12.5 Å². The van der Waals surface area contributed by atoms with E-state index in [9.17, 15) is 4.79 Å². The molecule has 0 bridgehead atoms. The highest BCUT2D eigenvalue weighted by atomic mass is 16.7. The lowest BCUT2D eigenvalue weighted by Gasteiger charge is -2.25. The summed E-state index contributed by atoms with van der Waals surface area (Å²) in [5, 5.41) is 7.20. The average molecular weight is 419 g/mol. The van der Waals surface area contributed by atoms with Crippen LogP contribution in [0, 0.1) is 0 Å². The molecule has 164 valence electrons. The first-order valence-electron chi connectivity index (χ1n) is 10.0. The lowest BCUT2D eigenvalue weighted by atomic mass is 10.1. The van der Waals surface area contributed by atoms with Crippen LogP contribution in [0.1, 0.15) is 5.56 Å². The minimum Gasteiger partial charge on any atom is -0.382 e. The molecule has 1 fully saturated rings. The van der Waals surface area contributed by atoms with Crippen LogP contribution >= 0.6 is 0 Å². The fraction of sp³-hybridized carbons (Fsp3) is 0.524. The van der Waals surface area contributed by atoms with Gasteiger partial charge in [0.25, 0.3) is 0 Å². The largest absolute Gasteiger partial charge is 0.382 e. The van der Waals surface area contributed by atoms with E-state index < -0.39 is 6.29 Å². The maximum atomic E-state index is 12.8. The van der Waals surface area contributed by atoms with Crippen molar-refractivity contribution in [1.82, 2.24) is 15.1 Å². The molecule has 0 saturated carbocycles. The highest BCUT2D eigenvalue weighted by Gasteiger charge is 2.24. The smallest absolute Gasteiger partial charge is 0.249 e. The van der Waals surface area contributed by atoms with Crippen molar-refractivity contribution in [1.29, 1.82) is 0 Å². The maximum Gasteiger partial charge on any atom is 0.249 e. The number of carbonyl (C=O) groups is 1. The van der Waals surface area contributed by atoms with E-state index in [2.05, 4.69) is 10.2 Å². The third kappa shape index (κ3) is 6.89. The summed E-state index contributed by atoms with van der Waals surface area (Å²) in [5.74, 6) is -0.147. The summed E-state index contributed by atoms with van der Waals surface area (Å²) in [6.45, 7) is 3.49. The van der Waals surface area contributed by atoms with Crippen molar-refractivity contribution in [2.75, 3.05) is 59.9 Å². The van der Waals surface area contributed by atoms with Gasteiger partial charge in [0, 0.05) is 19.2 Å². The first kappa shape index (κ1) is 22.4. The van der Waals surface area contributed by atoms with Crippen LogP contribution in [0.2, 0.25) is 0 Å². The molecule has 0 aliphatic carbocycles. The molecule has 1 saturated heterocycles. The number of nitrogens with one attached hydrogen (secondary N) is 1. The number of methoxy groups -OCH3 is 1. The second kappa shape index (κ2) is 12.4. The topological polar surface area (TPSA) is 95.1 Å². The number of aromatic amines is 1. The second-order valence-corrected chi connectivity index (χ2v) is 6.74. The molecule has 1 aliphatic rings. The number of nitrogens with zero attached hydrogens (tertiary/aromatic N) is 2. The van der Waals surface area contributed by atoms with Crippen LogP contribution in [0.5, 0.6) is 0 Å². The van der Waals surface area contributed by atoms with Gasteiger partial charge in [0.2, 0.25) is 5.91 Å². The molecule has 2 aromatic rings. The SMILES string of the molecule is COCCOCCOCC(=O)N(Cc1cn[nH]c1-c1ccccc1)CC1OCCO1. The molecule has 1 aliphatic heterocycles. The van der Waals surface area contributed by atoms with Gasteiger partial charge in [0.1, 0.15) is 6.61 Å². The van der Waals surface area contributed by atoms with Crippen LogP contribution in [0.4, 0.5) is 0 Å². The van der Waals surface area contributed by atoms with Gasteiger partial charge in [-0.3, -0.25) is 9.89 Å². The Hall–Kier alpha value is -2.30. The molecule has 0 radical (unpaired) electrons. The number of rotatable bonds is 13. The Morgan fingerprint density at radius 2 is 1.87 bits per heavy atom. The standard InChI is InChI=1S/C21H29N3O6/c1-26-7-8-27-9-10-28-16-19(25)24(15-20-29-11-12-30-20)14-18-13-22-23-21(18)17-5-3-2-4-6-17/h2-6,13,20H,7-12,14-16H2,1H3,(H,22,23). The number of hydrogen-bond acceptors (Lipinski definition) is 7. The predicted molar refractivity (Wildman–Crippen MR) is 109 cm³/mol. The molecule has 3 rings (SSSR count). The number of H-pyrrole nitrogens is 1. The lowest BCUT2D eigenvalue weighted by Crippen LogP contribution is -2.39. The molecule has 1 amide bonds. The van der Waals surface area contributed by atoms with Crippen molar-refractivity contribution >= 4 is 5.91 Å². The van der Waals surface area contributed by atoms with Crippen LogP contribution in [0.3, 0.4) is 0 Å². The fourth-order valence-corrected chi connectivity index (χ4v) is 3.05. The van der Waals surface area contributed by atoms with Gasteiger partial charge in [0.15, 0.2) is 6.29 Å². The van der Waals surface area contributed by atoms with Crippen LogP contribution in [0.25, 0.3) is 11.3 Å². The Balaban J connectivity index is 1.57. The Morgan fingerprint density at radius 1 is 1.13 bits per heavy atom. The van der Waals surface area contributed by atoms with Gasteiger partial charge in [-0.2, -0.15) is 5.10 Å². The average Bonchev–Trinajstić information content (AvgIpc) is 3.45. The summed E-state index contributed by atoms with van der Waals surface area (Å²) in [6.07, 6.45) is 1.31. The molecule has 2 heterocycles. The number of carbonyl (C=O) groups excluding carboxylic acids is 1. The quantitative estimate of drug-likeness (QED) is 0.491. The highest BCUT2D eigenvalue weighted by molar-refractivity contribution is 5.77. The van der Waals surface area contributed by atoms with Crippen LogP contribution < -0.4 is 0 Å². The van der Waals surface area contributed by atoms with Gasteiger partial charge >= 0.3 is 0 Å². The monoisotopic (exact) mass is 419 g/mol. The summed E-state index contributed by atoms with van der Waals surface area (Å²) in [6, 6.07) is 9.88. The van der Waals surface area contributed by atoms with Gasteiger partial charge < -0.3 is 28.6 Å². The molecule has 1 aromatic carbocycles. The Bertz CT molecular complexity index is 748. The number of aromatic nitrogens is 2. The van der Waals surface area contributed by atoms with E-state index >= 15 is 0 Å². The molecule has 30 heavy (non-hydrogen) atoms. The van der Waals surface area contributed by atoms with Crippen molar-refractivity contribution in [3.8, 4) is 11.3 Å². The molecule has 1 aromatic heterocycles. The van der Waals surface area contributed by atoms with E-state index in [1.54, 1.807) is 18.2 Å². The van der Waals surface area contributed by atoms with Crippen molar-refractivity contribution in [2.45, 2.75) is 12.8 Å². The summed E-state index contributed by atoms with van der Waals surface area (Å²) in [7, 11) is 1.62. The molecule has 0 atom stereocenters. The van der Waals surface area contributed by atoms with E-state index in [0.29, 0.717) is 52.7 Å². The van der Waals surface area contributed by atoms with Gasteiger partial charge in [0.05, 0.1) is 58.1 Å². The number of hydrogen-bond donors (Lipinski definition) is 1. The maximum absolute atomic E-state index is 12.8. The van der Waals surface area contributed by atoms with Crippen LogP contribution in [-0.4, -0.2) is 87.2 Å². The lowest BCUT2D eigenvalue weighted by molar-refractivity contribution is -0.143.